The molecule has 4 nitrogen and oxygen atoms in total. The van der Waals surface area contributed by atoms with Crippen LogP contribution in [0.4, 0.5) is 0 Å². The molecule has 90 valence electrons. The SMILES string of the molecule is CCCCC(=O)c1c(OC)cnn1CCC. The van der Waals surface area contributed by atoms with E-state index >= 15 is 0 Å². The van der Waals surface area contributed by atoms with Crippen LogP contribution in [0.25, 0.3) is 0 Å². The number of aryl methyl sites for hydroxylation is 1. The Morgan fingerprint density at radius 2 is 2.19 bits per heavy atom. The standard InChI is InChI=1S/C12H20N2O2/c1-4-6-7-10(15)12-11(16-3)9-13-14(12)8-5-2/h9H,4-8H2,1-3H3. The molecule has 0 fully saturated rings. The second kappa shape index (κ2) is 6.30. The molecule has 1 rings (SSSR count). The Morgan fingerprint density at radius 1 is 1.44 bits per heavy atom. The number of carbonyl (C=O) groups is 1. The summed E-state index contributed by atoms with van der Waals surface area (Å²) in [5, 5.41) is 4.18. The molecule has 0 aromatic carbocycles. The lowest BCUT2D eigenvalue weighted by Gasteiger charge is -2.06. The Morgan fingerprint density at radius 3 is 2.75 bits per heavy atom. The lowest BCUT2D eigenvalue weighted by molar-refractivity contribution is 0.0966. The molecule has 0 N–H and O–H groups in total. The van der Waals surface area contributed by atoms with Gasteiger partial charge in [0.05, 0.1) is 13.3 Å². The van der Waals surface area contributed by atoms with Gasteiger partial charge in [0.15, 0.2) is 11.5 Å². The molecule has 0 atom stereocenters. The molecule has 0 aliphatic carbocycles. The van der Waals surface area contributed by atoms with Crippen LogP contribution in [0.2, 0.25) is 0 Å². The van der Waals surface area contributed by atoms with Crippen molar-refractivity contribution in [3.8, 4) is 5.75 Å². The summed E-state index contributed by atoms with van der Waals surface area (Å²) in [7, 11) is 1.57. The molecule has 1 aromatic rings. The average molecular weight is 224 g/mol. The van der Waals surface area contributed by atoms with Gasteiger partial charge in [0.2, 0.25) is 0 Å². The Balaban J connectivity index is 2.88. The van der Waals surface area contributed by atoms with Crippen molar-refractivity contribution in [3.63, 3.8) is 0 Å². The van der Waals surface area contributed by atoms with Gasteiger partial charge in [0.1, 0.15) is 5.69 Å². The highest BCUT2D eigenvalue weighted by atomic mass is 16.5. The van der Waals surface area contributed by atoms with Crippen LogP contribution in [0, 0.1) is 0 Å². The first-order valence-electron chi connectivity index (χ1n) is 5.87. The summed E-state index contributed by atoms with van der Waals surface area (Å²) in [4.78, 5) is 12.0. The molecule has 0 amide bonds. The van der Waals surface area contributed by atoms with Gasteiger partial charge in [-0.25, -0.2) is 0 Å². The first-order valence-corrected chi connectivity index (χ1v) is 5.87. The molecule has 0 unspecified atom stereocenters. The third kappa shape index (κ3) is 2.84. The van der Waals surface area contributed by atoms with Crippen molar-refractivity contribution in [3.05, 3.63) is 11.9 Å². The van der Waals surface area contributed by atoms with Crippen LogP contribution in [0.5, 0.6) is 5.75 Å². The zero-order valence-electron chi connectivity index (χ0n) is 10.3. The number of rotatable bonds is 7. The van der Waals surface area contributed by atoms with E-state index in [-0.39, 0.29) is 5.78 Å². The van der Waals surface area contributed by atoms with Crippen molar-refractivity contribution in [2.24, 2.45) is 0 Å². The van der Waals surface area contributed by atoms with E-state index in [1.807, 2.05) is 0 Å². The highest BCUT2D eigenvalue weighted by Crippen LogP contribution is 2.20. The van der Waals surface area contributed by atoms with Gasteiger partial charge in [-0.05, 0) is 12.8 Å². The maximum atomic E-state index is 12.0. The van der Waals surface area contributed by atoms with Gasteiger partial charge < -0.3 is 4.74 Å². The summed E-state index contributed by atoms with van der Waals surface area (Å²) in [6.45, 7) is 4.90. The highest BCUT2D eigenvalue weighted by Gasteiger charge is 2.18. The monoisotopic (exact) mass is 224 g/mol. The zero-order valence-corrected chi connectivity index (χ0v) is 10.3. The number of ketones is 1. The second-order valence-corrected chi connectivity index (χ2v) is 3.81. The number of carbonyl (C=O) groups excluding carboxylic acids is 1. The fourth-order valence-corrected chi connectivity index (χ4v) is 1.64. The number of nitrogens with zero attached hydrogens (tertiary/aromatic N) is 2. The van der Waals surface area contributed by atoms with Gasteiger partial charge in [-0.2, -0.15) is 5.10 Å². The van der Waals surface area contributed by atoms with Crippen molar-refractivity contribution < 1.29 is 9.53 Å². The van der Waals surface area contributed by atoms with Crippen LogP contribution in [0.1, 0.15) is 50.0 Å². The van der Waals surface area contributed by atoms with Crippen LogP contribution in [0.3, 0.4) is 0 Å². The molecule has 0 aliphatic rings. The van der Waals surface area contributed by atoms with Crippen LogP contribution < -0.4 is 4.74 Å². The molecular weight excluding hydrogens is 204 g/mol. The zero-order chi connectivity index (χ0) is 12.0. The Labute approximate surface area is 96.6 Å². The van der Waals surface area contributed by atoms with E-state index in [0.717, 1.165) is 25.8 Å². The predicted octanol–water partition coefficient (Wildman–Crippen LogP) is 2.67. The maximum absolute atomic E-state index is 12.0. The van der Waals surface area contributed by atoms with Crippen LogP contribution in [-0.2, 0) is 6.54 Å². The molecule has 4 heteroatoms. The van der Waals surface area contributed by atoms with Gasteiger partial charge in [0.25, 0.3) is 0 Å². The van der Waals surface area contributed by atoms with E-state index < -0.39 is 0 Å². The Bertz CT molecular complexity index is 345. The minimum Gasteiger partial charge on any atom is -0.493 e. The van der Waals surface area contributed by atoms with Gasteiger partial charge in [0, 0.05) is 13.0 Å². The van der Waals surface area contributed by atoms with Crippen molar-refractivity contribution in [2.75, 3.05) is 7.11 Å². The summed E-state index contributed by atoms with van der Waals surface area (Å²) < 4.78 is 6.92. The second-order valence-electron chi connectivity index (χ2n) is 3.81. The van der Waals surface area contributed by atoms with E-state index in [1.54, 1.807) is 18.0 Å². The molecular formula is C12H20N2O2. The highest BCUT2D eigenvalue weighted by molar-refractivity contribution is 5.96. The molecule has 0 aliphatic heterocycles. The molecule has 0 radical (unpaired) electrons. The first kappa shape index (κ1) is 12.7. The molecule has 0 spiro atoms. The number of aromatic nitrogens is 2. The van der Waals surface area contributed by atoms with Crippen molar-refractivity contribution in [1.29, 1.82) is 0 Å². The summed E-state index contributed by atoms with van der Waals surface area (Å²) >= 11 is 0. The number of methoxy groups -OCH3 is 1. The third-order valence-corrected chi connectivity index (χ3v) is 2.48. The fourth-order valence-electron chi connectivity index (χ4n) is 1.64. The minimum absolute atomic E-state index is 0.129. The van der Waals surface area contributed by atoms with E-state index in [2.05, 4.69) is 18.9 Å². The van der Waals surface area contributed by atoms with E-state index in [4.69, 9.17) is 4.74 Å². The quantitative estimate of drug-likeness (QED) is 0.669. The summed E-state index contributed by atoms with van der Waals surface area (Å²) in [6, 6.07) is 0. The number of ether oxygens (including phenoxy) is 1. The summed E-state index contributed by atoms with van der Waals surface area (Å²) in [5.74, 6) is 0.721. The van der Waals surface area contributed by atoms with E-state index in [1.165, 1.54) is 0 Å². The molecule has 1 heterocycles. The smallest absolute Gasteiger partial charge is 0.184 e. The van der Waals surface area contributed by atoms with E-state index in [0.29, 0.717) is 17.9 Å². The Kier molecular flexibility index (Phi) is 5.02. The molecule has 0 bridgehead atoms. The van der Waals surface area contributed by atoms with Crippen molar-refractivity contribution in [1.82, 2.24) is 9.78 Å². The Hall–Kier alpha value is -1.32. The van der Waals surface area contributed by atoms with Crippen molar-refractivity contribution >= 4 is 5.78 Å². The molecule has 0 saturated carbocycles. The fraction of sp³-hybridized carbons (Fsp3) is 0.667. The maximum Gasteiger partial charge on any atom is 0.184 e. The van der Waals surface area contributed by atoms with Gasteiger partial charge in [-0.15, -0.1) is 0 Å². The number of unbranched alkanes of at least 4 members (excludes halogenated alkanes) is 1. The molecule has 0 saturated heterocycles. The van der Waals surface area contributed by atoms with Crippen LogP contribution in [-0.4, -0.2) is 22.7 Å². The van der Waals surface area contributed by atoms with Crippen molar-refractivity contribution in [2.45, 2.75) is 46.1 Å². The summed E-state index contributed by atoms with van der Waals surface area (Å²) in [6.07, 6.45) is 5.09. The largest absolute Gasteiger partial charge is 0.493 e. The van der Waals surface area contributed by atoms with E-state index in [9.17, 15) is 4.79 Å². The lowest BCUT2D eigenvalue weighted by Crippen LogP contribution is -2.11. The number of Topliss-reactive ketones (excluding diaryl/α,β-unsaturated/α-hetero) is 1. The van der Waals surface area contributed by atoms with Gasteiger partial charge in [-0.3, -0.25) is 9.48 Å². The predicted molar refractivity (Wildman–Crippen MR) is 62.9 cm³/mol. The normalized spacial score (nSPS) is 10.4. The summed E-state index contributed by atoms with van der Waals surface area (Å²) in [5.41, 5.74) is 0.623. The average Bonchev–Trinajstić information content (AvgIpc) is 2.69. The lowest BCUT2D eigenvalue weighted by atomic mass is 10.1. The first-order chi connectivity index (χ1) is 7.74. The molecule has 16 heavy (non-hydrogen) atoms. The number of hydrogen-bond acceptors (Lipinski definition) is 3. The third-order valence-electron chi connectivity index (χ3n) is 2.48. The number of hydrogen-bond donors (Lipinski definition) is 0. The van der Waals surface area contributed by atoms with Crippen LogP contribution in [0.15, 0.2) is 6.20 Å². The minimum atomic E-state index is 0.129. The topological polar surface area (TPSA) is 44.1 Å². The molecule has 1 aromatic heterocycles. The van der Waals surface area contributed by atoms with Crippen LogP contribution >= 0.6 is 0 Å². The van der Waals surface area contributed by atoms with Gasteiger partial charge >= 0.3 is 0 Å². The van der Waals surface area contributed by atoms with Gasteiger partial charge in [-0.1, -0.05) is 20.3 Å².